The average Bonchev–Trinajstić information content (AvgIpc) is 2.97. The van der Waals surface area contributed by atoms with Gasteiger partial charge in [-0.1, -0.05) is 84.9 Å². The van der Waals surface area contributed by atoms with Gasteiger partial charge in [-0.2, -0.15) is 16.8 Å². The van der Waals surface area contributed by atoms with Crippen LogP contribution < -0.4 is 9.47 Å². The van der Waals surface area contributed by atoms with Crippen molar-refractivity contribution in [3.8, 4) is 11.5 Å². The van der Waals surface area contributed by atoms with E-state index in [1.165, 1.54) is 0 Å². The molecule has 0 aliphatic carbocycles. The van der Waals surface area contributed by atoms with Gasteiger partial charge in [-0.25, -0.2) is 0 Å². The van der Waals surface area contributed by atoms with Gasteiger partial charge in [0.15, 0.2) is 0 Å². The molecule has 43 heavy (non-hydrogen) atoms. The van der Waals surface area contributed by atoms with Crippen molar-refractivity contribution in [3.63, 3.8) is 0 Å². The van der Waals surface area contributed by atoms with Crippen LogP contribution in [0.3, 0.4) is 0 Å². The summed E-state index contributed by atoms with van der Waals surface area (Å²) in [5.74, 6) is 0.443. The molecular formula is C32H33NaO8S2. The Morgan fingerprint density at radius 1 is 0.488 bits per heavy atom. The Morgan fingerprint density at radius 3 is 1.09 bits per heavy atom. The Hall–Kier alpha value is -2.96. The monoisotopic (exact) mass is 632 g/mol. The zero-order valence-corrected chi connectivity index (χ0v) is 24.4. The fourth-order valence-electron chi connectivity index (χ4n) is 4.42. The van der Waals surface area contributed by atoms with Crippen molar-refractivity contribution in [1.29, 1.82) is 0 Å². The van der Waals surface area contributed by atoms with Crippen LogP contribution in [0.25, 0.3) is 11.1 Å². The molecule has 0 radical (unpaired) electrons. The van der Waals surface area contributed by atoms with Crippen LogP contribution >= 0.6 is 0 Å². The molecule has 222 valence electrons. The summed E-state index contributed by atoms with van der Waals surface area (Å²) in [5, 5.41) is 0. The normalized spacial score (nSPS) is 12.1. The molecule has 0 spiro atoms. The molecule has 0 amide bonds. The van der Waals surface area contributed by atoms with Gasteiger partial charge in [-0.05, 0) is 70.5 Å². The van der Waals surface area contributed by atoms with Crippen molar-refractivity contribution in [2.24, 2.45) is 0 Å². The molecule has 0 fully saturated rings. The van der Waals surface area contributed by atoms with E-state index < -0.39 is 20.2 Å². The van der Waals surface area contributed by atoms with E-state index in [-0.39, 0.29) is 67.1 Å². The van der Waals surface area contributed by atoms with E-state index >= 15 is 0 Å². The number of hydrogen-bond donors (Lipinski definition) is 2. The van der Waals surface area contributed by atoms with Gasteiger partial charge in [0.25, 0.3) is 20.2 Å². The maximum atomic E-state index is 11.0. The van der Waals surface area contributed by atoms with Gasteiger partial charge in [0.2, 0.25) is 0 Å². The quantitative estimate of drug-likeness (QED) is 0.0824. The van der Waals surface area contributed by atoms with Crippen molar-refractivity contribution in [2.45, 2.75) is 12.8 Å². The van der Waals surface area contributed by atoms with Crippen LogP contribution in [0.1, 0.15) is 35.1 Å². The maximum absolute atomic E-state index is 11.0. The topological polar surface area (TPSA) is 127 Å². The molecule has 0 heterocycles. The van der Waals surface area contributed by atoms with Crippen LogP contribution in [-0.4, -0.2) is 80.2 Å². The SMILES string of the molecule is O=S(=O)(O)CCCOc1ccc(C(=C(c2ccccc2)c2ccc(OCCCS(=O)(=O)O)cc2)c2ccccc2)cc1.[NaH]. The molecule has 11 heteroatoms. The first-order chi connectivity index (χ1) is 20.1. The molecule has 0 unspecified atom stereocenters. The number of ether oxygens (including phenoxy) is 2. The summed E-state index contributed by atoms with van der Waals surface area (Å²) < 4.78 is 73.1. The fraction of sp³-hybridized carbons (Fsp3) is 0.188. The van der Waals surface area contributed by atoms with Crippen molar-refractivity contribution in [2.75, 3.05) is 24.7 Å². The summed E-state index contributed by atoms with van der Waals surface area (Å²) >= 11 is 0. The number of benzene rings is 4. The second kappa shape index (κ2) is 16.2. The zero-order valence-electron chi connectivity index (χ0n) is 22.8. The van der Waals surface area contributed by atoms with Crippen molar-refractivity contribution in [1.82, 2.24) is 0 Å². The molecule has 4 aromatic carbocycles. The first-order valence-corrected chi connectivity index (χ1v) is 16.5. The van der Waals surface area contributed by atoms with Crippen LogP contribution in [0, 0.1) is 0 Å². The molecule has 4 rings (SSSR count). The van der Waals surface area contributed by atoms with E-state index in [1.807, 2.05) is 109 Å². The minimum absolute atomic E-state index is 0. The second-order valence-electron chi connectivity index (χ2n) is 9.51. The molecular weight excluding hydrogens is 599 g/mol. The molecule has 0 aromatic heterocycles. The van der Waals surface area contributed by atoms with Gasteiger partial charge in [-0.3, -0.25) is 9.11 Å². The Kier molecular flexibility index (Phi) is 13.0. The van der Waals surface area contributed by atoms with E-state index in [0.29, 0.717) is 11.5 Å². The predicted molar refractivity (Wildman–Crippen MR) is 171 cm³/mol. The summed E-state index contributed by atoms with van der Waals surface area (Å²) in [6.45, 7) is 0.306. The van der Waals surface area contributed by atoms with Crippen LogP contribution in [0.2, 0.25) is 0 Å². The van der Waals surface area contributed by atoms with Gasteiger partial charge in [0.1, 0.15) is 11.5 Å². The van der Waals surface area contributed by atoms with E-state index in [4.69, 9.17) is 18.6 Å². The third-order valence-corrected chi connectivity index (χ3v) is 7.90. The third kappa shape index (κ3) is 11.2. The molecule has 0 atom stereocenters. The molecule has 0 aliphatic heterocycles. The van der Waals surface area contributed by atoms with E-state index in [9.17, 15) is 16.8 Å². The van der Waals surface area contributed by atoms with Crippen LogP contribution in [0.5, 0.6) is 11.5 Å². The number of hydrogen-bond acceptors (Lipinski definition) is 6. The third-order valence-electron chi connectivity index (χ3n) is 6.29. The minimum atomic E-state index is -4.03. The van der Waals surface area contributed by atoms with Crippen molar-refractivity contribution >= 4 is 60.9 Å². The Balaban J connectivity index is 0.00000506. The van der Waals surface area contributed by atoms with Gasteiger partial charge in [0.05, 0.1) is 24.7 Å². The van der Waals surface area contributed by atoms with Gasteiger partial charge in [-0.15, -0.1) is 0 Å². The first kappa shape index (κ1) is 34.5. The zero-order chi connectivity index (χ0) is 30.0. The standard InChI is InChI=1S/C32H32O8S2.Na.H/c33-41(34,35)23-7-21-39-29-17-13-27(14-18-29)31(25-9-3-1-4-10-25)32(26-11-5-2-6-12-26)28-15-19-30(20-16-28)40-22-8-24-42(36,37)38;;/h1-6,9-20H,7-8,21-24H2,(H,33,34,35)(H,36,37,38);;. The van der Waals surface area contributed by atoms with Gasteiger partial charge in [0, 0.05) is 0 Å². The summed E-state index contributed by atoms with van der Waals surface area (Å²) in [6, 6.07) is 35.2. The number of rotatable bonds is 14. The average molecular weight is 633 g/mol. The molecule has 0 saturated carbocycles. The van der Waals surface area contributed by atoms with Gasteiger partial charge < -0.3 is 9.47 Å². The van der Waals surface area contributed by atoms with Crippen molar-refractivity contribution in [3.05, 3.63) is 131 Å². The Labute approximate surface area is 275 Å². The summed E-state index contributed by atoms with van der Waals surface area (Å²) in [6.07, 6.45) is 0.350. The Morgan fingerprint density at radius 2 is 0.791 bits per heavy atom. The fourth-order valence-corrected chi connectivity index (χ4v) is 5.38. The van der Waals surface area contributed by atoms with E-state index in [2.05, 4.69) is 0 Å². The van der Waals surface area contributed by atoms with E-state index in [0.717, 1.165) is 33.4 Å². The Bertz CT molecular complexity index is 1560. The molecule has 0 bridgehead atoms. The second-order valence-corrected chi connectivity index (χ2v) is 12.7. The summed E-state index contributed by atoms with van der Waals surface area (Å²) in [7, 11) is -8.06. The van der Waals surface area contributed by atoms with Gasteiger partial charge >= 0.3 is 29.6 Å². The van der Waals surface area contributed by atoms with Crippen LogP contribution in [0.15, 0.2) is 109 Å². The van der Waals surface area contributed by atoms with E-state index in [1.54, 1.807) is 0 Å². The van der Waals surface area contributed by atoms with Crippen LogP contribution in [0.4, 0.5) is 0 Å². The summed E-state index contributed by atoms with van der Waals surface area (Å²) in [4.78, 5) is 0. The van der Waals surface area contributed by atoms with Crippen LogP contribution in [-0.2, 0) is 20.2 Å². The molecule has 4 aromatic rings. The molecule has 2 N–H and O–H groups in total. The van der Waals surface area contributed by atoms with Crippen molar-refractivity contribution < 1.29 is 35.4 Å². The predicted octanol–water partition coefficient (Wildman–Crippen LogP) is 5.36. The molecule has 0 aliphatic rings. The summed E-state index contributed by atoms with van der Waals surface area (Å²) in [5.41, 5.74) is 5.86. The molecule has 8 nitrogen and oxygen atoms in total. The molecule has 0 saturated heterocycles. The first-order valence-electron chi connectivity index (χ1n) is 13.3.